The van der Waals surface area contributed by atoms with Crippen molar-refractivity contribution in [3.63, 3.8) is 0 Å². The van der Waals surface area contributed by atoms with Gasteiger partial charge in [-0.25, -0.2) is 0 Å². The Hall–Kier alpha value is -4.04. The van der Waals surface area contributed by atoms with Crippen LogP contribution in [-0.4, -0.2) is 12.6 Å². The lowest BCUT2D eigenvalue weighted by molar-refractivity contribution is 0.111. The zero-order valence-corrected chi connectivity index (χ0v) is 22.4. The Morgan fingerprint density at radius 3 is 1.36 bits per heavy atom. The summed E-state index contributed by atoms with van der Waals surface area (Å²) in [6.07, 6.45) is 9.99. The molecular formula is C34H38O2. The Bertz CT molecular complexity index is 1240. The number of hydrogen-bond acceptors (Lipinski definition) is 2. The third kappa shape index (κ3) is 8.96. The maximum absolute atomic E-state index is 10.8. The van der Waals surface area contributed by atoms with E-state index in [-0.39, 0.29) is 0 Å². The number of rotatable bonds is 6. The molecule has 0 spiro atoms. The summed E-state index contributed by atoms with van der Waals surface area (Å²) in [5.74, 6) is 0. The van der Waals surface area contributed by atoms with Gasteiger partial charge in [0.05, 0.1) is 0 Å². The van der Waals surface area contributed by atoms with Crippen LogP contribution < -0.4 is 0 Å². The molecular weight excluding hydrogens is 440 g/mol. The molecule has 0 saturated heterocycles. The Morgan fingerprint density at radius 1 is 0.444 bits per heavy atom. The van der Waals surface area contributed by atoms with E-state index in [0.29, 0.717) is 11.1 Å². The summed E-state index contributed by atoms with van der Waals surface area (Å²) < 4.78 is 0. The molecule has 0 heterocycles. The summed E-state index contributed by atoms with van der Waals surface area (Å²) in [4.78, 5) is 21.7. The molecule has 0 aliphatic rings. The van der Waals surface area contributed by atoms with Crippen molar-refractivity contribution >= 4 is 47.6 Å². The zero-order valence-electron chi connectivity index (χ0n) is 22.4. The number of benzene rings is 4. The summed E-state index contributed by atoms with van der Waals surface area (Å²) in [5.41, 5.74) is 5.66. The molecule has 0 N–H and O–H groups in total. The smallest absolute Gasteiger partial charge is 0.150 e. The highest BCUT2D eigenvalue weighted by Gasteiger charge is 2.01. The van der Waals surface area contributed by atoms with Crippen LogP contribution in [0.25, 0.3) is 35.1 Å². The summed E-state index contributed by atoms with van der Waals surface area (Å²) in [6, 6.07) is 27.7. The highest BCUT2D eigenvalue weighted by atomic mass is 16.1. The monoisotopic (exact) mass is 478 g/mol. The van der Waals surface area contributed by atoms with Gasteiger partial charge in [-0.15, -0.1) is 0 Å². The summed E-state index contributed by atoms with van der Waals surface area (Å²) >= 11 is 0. The highest BCUT2D eigenvalue weighted by molar-refractivity contribution is 5.95. The molecule has 0 aliphatic heterocycles. The van der Waals surface area contributed by atoms with Gasteiger partial charge in [-0.1, -0.05) is 139 Å². The number of carbonyl (C=O) groups is 2. The lowest BCUT2D eigenvalue weighted by Gasteiger charge is -2.06. The zero-order chi connectivity index (χ0) is 26.8. The van der Waals surface area contributed by atoms with Crippen molar-refractivity contribution in [1.82, 2.24) is 0 Å². The number of aldehydes is 2. The van der Waals surface area contributed by atoms with Gasteiger partial charge in [0.1, 0.15) is 12.6 Å². The average molecular weight is 479 g/mol. The molecule has 4 aromatic rings. The van der Waals surface area contributed by atoms with Crippen LogP contribution in [-0.2, 0) is 0 Å². The Kier molecular flexibility index (Phi) is 14.5. The van der Waals surface area contributed by atoms with Crippen LogP contribution in [0.2, 0.25) is 0 Å². The first-order chi connectivity index (χ1) is 17.7. The van der Waals surface area contributed by atoms with E-state index in [9.17, 15) is 9.59 Å². The molecule has 0 amide bonds. The van der Waals surface area contributed by atoms with Crippen LogP contribution >= 0.6 is 0 Å². The molecule has 36 heavy (non-hydrogen) atoms. The molecule has 4 rings (SSSR count). The summed E-state index contributed by atoms with van der Waals surface area (Å²) in [5, 5.41) is 2.36. The van der Waals surface area contributed by atoms with Gasteiger partial charge in [0, 0.05) is 11.1 Å². The third-order valence-corrected chi connectivity index (χ3v) is 4.98. The maximum atomic E-state index is 10.8. The summed E-state index contributed by atoms with van der Waals surface area (Å²) in [6.45, 7) is 12.0. The fraction of sp³-hybridized carbons (Fsp3) is 0.176. The second-order valence-corrected chi connectivity index (χ2v) is 7.07. The van der Waals surface area contributed by atoms with Crippen LogP contribution in [0.5, 0.6) is 0 Å². The molecule has 0 radical (unpaired) electrons. The normalized spacial score (nSPS) is 9.94. The highest BCUT2D eigenvalue weighted by Crippen LogP contribution is 2.24. The van der Waals surface area contributed by atoms with Gasteiger partial charge in [0.15, 0.2) is 0 Å². The first kappa shape index (κ1) is 30.0. The summed E-state index contributed by atoms with van der Waals surface area (Å²) in [7, 11) is 0. The van der Waals surface area contributed by atoms with E-state index in [4.69, 9.17) is 0 Å². The van der Waals surface area contributed by atoms with E-state index >= 15 is 0 Å². The van der Waals surface area contributed by atoms with E-state index in [1.165, 1.54) is 10.8 Å². The Balaban J connectivity index is 0.00000101. The van der Waals surface area contributed by atoms with Gasteiger partial charge in [-0.3, -0.25) is 9.59 Å². The lowest BCUT2D eigenvalue weighted by Crippen LogP contribution is -1.83. The first-order valence-corrected chi connectivity index (χ1v) is 12.7. The van der Waals surface area contributed by atoms with E-state index < -0.39 is 0 Å². The molecule has 0 fully saturated rings. The number of hydrogen-bond donors (Lipinski definition) is 0. The molecule has 186 valence electrons. The number of carbonyl (C=O) groups excluding carboxylic acids is 2. The maximum Gasteiger partial charge on any atom is 0.150 e. The first-order valence-electron chi connectivity index (χ1n) is 12.7. The van der Waals surface area contributed by atoms with Crippen molar-refractivity contribution < 1.29 is 9.59 Å². The molecule has 0 bridgehead atoms. The quantitative estimate of drug-likeness (QED) is 0.204. The lowest BCUT2D eigenvalue weighted by atomic mass is 9.99. The SMILES string of the molecule is CC.CC.CC.O=Cc1ccc(/C=C\c2cc(/C=C\c3ccc(C=O)cc3)c3ccccc3c2)cc1. The fourth-order valence-corrected chi connectivity index (χ4v) is 3.35. The van der Waals surface area contributed by atoms with E-state index in [2.05, 4.69) is 42.5 Å². The largest absolute Gasteiger partial charge is 0.298 e. The van der Waals surface area contributed by atoms with Gasteiger partial charge in [-0.05, 0) is 45.2 Å². The second-order valence-electron chi connectivity index (χ2n) is 7.07. The van der Waals surface area contributed by atoms with Crippen LogP contribution in [0.3, 0.4) is 0 Å². The van der Waals surface area contributed by atoms with Crippen molar-refractivity contribution in [1.29, 1.82) is 0 Å². The molecule has 0 unspecified atom stereocenters. The van der Waals surface area contributed by atoms with Gasteiger partial charge < -0.3 is 0 Å². The van der Waals surface area contributed by atoms with Crippen molar-refractivity contribution in [2.75, 3.05) is 0 Å². The van der Waals surface area contributed by atoms with Gasteiger partial charge in [0.2, 0.25) is 0 Å². The van der Waals surface area contributed by atoms with E-state index in [1.807, 2.05) is 108 Å². The molecule has 2 heteroatoms. The van der Waals surface area contributed by atoms with Crippen molar-refractivity contribution in [2.24, 2.45) is 0 Å². The average Bonchev–Trinajstić information content (AvgIpc) is 2.98. The van der Waals surface area contributed by atoms with Crippen LogP contribution in [0.1, 0.15) is 84.5 Å². The van der Waals surface area contributed by atoms with Gasteiger partial charge in [0.25, 0.3) is 0 Å². The second kappa shape index (κ2) is 17.4. The minimum absolute atomic E-state index is 0.672. The molecule has 4 aromatic carbocycles. The Labute approximate surface area is 217 Å². The third-order valence-electron chi connectivity index (χ3n) is 4.98. The minimum atomic E-state index is 0.672. The Morgan fingerprint density at radius 2 is 0.861 bits per heavy atom. The van der Waals surface area contributed by atoms with E-state index in [1.54, 1.807) is 0 Å². The molecule has 0 aromatic heterocycles. The molecule has 2 nitrogen and oxygen atoms in total. The van der Waals surface area contributed by atoms with Crippen LogP contribution in [0.15, 0.2) is 84.9 Å². The van der Waals surface area contributed by atoms with Gasteiger partial charge in [-0.2, -0.15) is 0 Å². The van der Waals surface area contributed by atoms with Crippen molar-refractivity contribution in [2.45, 2.75) is 41.5 Å². The molecule has 0 aliphatic carbocycles. The van der Waals surface area contributed by atoms with Crippen LogP contribution in [0.4, 0.5) is 0 Å². The molecule has 0 saturated carbocycles. The van der Waals surface area contributed by atoms with Crippen molar-refractivity contribution in [3.05, 3.63) is 118 Å². The predicted octanol–water partition coefficient (Wildman–Crippen LogP) is 9.88. The topological polar surface area (TPSA) is 34.1 Å². The fourth-order valence-electron chi connectivity index (χ4n) is 3.35. The molecule has 0 atom stereocenters. The van der Waals surface area contributed by atoms with Gasteiger partial charge >= 0.3 is 0 Å². The standard InChI is InChI=1S/C28H20O2.3C2H6/c29-19-23-10-5-21(6-11-23)9-14-25-17-26-3-1-2-4-28(26)27(18-25)16-15-22-7-12-24(20-30)13-8-22;3*1-2/h1-20H;3*1-2H3/b14-9-,16-15-;;;. The predicted molar refractivity (Wildman–Crippen MR) is 160 cm³/mol. The van der Waals surface area contributed by atoms with E-state index in [0.717, 1.165) is 34.8 Å². The van der Waals surface area contributed by atoms with Crippen molar-refractivity contribution in [3.8, 4) is 0 Å². The minimum Gasteiger partial charge on any atom is -0.298 e. The van der Waals surface area contributed by atoms with Crippen LogP contribution in [0, 0.1) is 0 Å². The number of fused-ring (bicyclic) bond motifs is 1.